The van der Waals surface area contributed by atoms with Crippen molar-refractivity contribution in [3.05, 3.63) is 89.9 Å². The van der Waals surface area contributed by atoms with Crippen molar-refractivity contribution in [1.29, 1.82) is 0 Å². The molecule has 1 saturated heterocycles. The van der Waals surface area contributed by atoms with Gasteiger partial charge in [-0.3, -0.25) is 9.78 Å². The number of benzene rings is 1. The minimum Gasteiger partial charge on any atom is -0.353 e. The highest BCUT2D eigenvalue weighted by Gasteiger charge is 2.22. The number of aromatic nitrogens is 2. The number of hydrogen-bond donors (Lipinski definition) is 1. The minimum absolute atomic E-state index is 0.102. The second-order valence-corrected chi connectivity index (χ2v) is 6.32. The zero-order chi connectivity index (χ0) is 17.8. The number of rotatable bonds is 4. The number of anilines is 1. The second-order valence-electron chi connectivity index (χ2n) is 6.32. The van der Waals surface area contributed by atoms with Crippen molar-refractivity contribution in [2.24, 2.45) is 0 Å². The molecule has 0 amide bonds. The number of piperazine rings is 1. The fourth-order valence-electron chi connectivity index (χ4n) is 3.24. The minimum atomic E-state index is -0.102. The number of nitrogens with zero attached hydrogens (tertiary/aromatic N) is 3. The molecule has 1 fully saturated rings. The van der Waals surface area contributed by atoms with E-state index in [1.807, 2.05) is 18.2 Å². The summed E-state index contributed by atoms with van der Waals surface area (Å²) in [6.07, 6.45) is 3.23. The van der Waals surface area contributed by atoms with Crippen LogP contribution in [0.4, 0.5) is 5.82 Å². The summed E-state index contributed by atoms with van der Waals surface area (Å²) in [6, 6.07) is 19.8. The lowest BCUT2D eigenvalue weighted by Crippen LogP contribution is -2.46. The van der Waals surface area contributed by atoms with Gasteiger partial charge >= 0.3 is 0 Å². The Morgan fingerprint density at radius 2 is 1.92 bits per heavy atom. The third-order valence-corrected chi connectivity index (χ3v) is 4.59. The van der Waals surface area contributed by atoms with E-state index in [1.165, 1.54) is 5.56 Å². The molecule has 1 aromatic carbocycles. The SMILES string of the molecule is O=C(c1cccnc1)c1cccc(N2CCN[C@H](c3ccccc3)C2)n1. The zero-order valence-corrected chi connectivity index (χ0v) is 14.4. The molecule has 1 atom stereocenters. The molecule has 1 aliphatic rings. The topological polar surface area (TPSA) is 58.1 Å². The number of carbonyl (C=O) groups excluding carboxylic acids is 1. The number of hydrogen-bond acceptors (Lipinski definition) is 5. The van der Waals surface area contributed by atoms with E-state index in [0.717, 1.165) is 25.5 Å². The Hall–Kier alpha value is -3.05. The summed E-state index contributed by atoms with van der Waals surface area (Å²) in [5.41, 5.74) is 2.27. The third-order valence-electron chi connectivity index (χ3n) is 4.59. The van der Waals surface area contributed by atoms with Crippen molar-refractivity contribution < 1.29 is 4.79 Å². The molecule has 0 unspecified atom stereocenters. The number of ketones is 1. The fourth-order valence-corrected chi connectivity index (χ4v) is 3.24. The molecule has 5 heteroatoms. The van der Waals surface area contributed by atoms with Gasteiger partial charge < -0.3 is 10.2 Å². The Kier molecular flexibility index (Phi) is 4.71. The van der Waals surface area contributed by atoms with Crippen LogP contribution in [0.3, 0.4) is 0 Å². The molecule has 3 heterocycles. The van der Waals surface area contributed by atoms with Crippen LogP contribution in [0.1, 0.15) is 27.7 Å². The molecular formula is C21H20N4O. The summed E-state index contributed by atoms with van der Waals surface area (Å²) in [4.78, 5) is 23.5. The summed E-state index contributed by atoms with van der Waals surface area (Å²) in [5.74, 6) is 0.733. The van der Waals surface area contributed by atoms with Gasteiger partial charge in [-0.2, -0.15) is 0 Å². The Morgan fingerprint density at radius 3 is 2.73 bits per heavy atom. The predicted molar refractivity (Wildman–Crippen MR) is 101 cm³/mol. The summed E-state index contributed by atoms with van der Waals surface area (Å²) >= 11 is 0. The highest BCUT2D eigenvalue weighted by molar-refractivity contribution is 6.07. The molecule has 26 heavy (non-hydrogen) atoms. The highest BCUT2D eigenvalue weighted by atomic mass is 16.1. The molecular weight excluding hydrogens is 324 g/mol. The molecule has 1 N–H and O–H groups in total. The Bertz CT molecular complexity index is 883. The van der Waals surface area contributed by atoms with Crippen LogP contribution >= 0.6 is 0 Å². The number of pyridine rings is 2. The maximum Gasteiger partial charge on any atom is 0.212 e. The Balaban J connectivity index is 1.55. The van der Waals surface area contributed by atoms with Crippen molar-refractivity contribution >= 4 is 11.6 Å². The normalized spacial score (nSPS) is 17.1. The monoisotopic (exact) mass is 344 g/mol. The number of nitrogens with one attached hydrogen (secondary N) is 1. The smallest absolute Gasteiger partial charge is 0.212 e. The van der Waals surface area contributed by atoms with Gasteiger partial charge in [0.1, 0.15) is 11.5 Å². The van der Waals surface area contributed by atoms with Crippen molar-refractivity contribution in [3.63, 3.8) is 0 Å². The van der Waals surface area contributed by atoms with Crippen LogP contribution in [0.5, 0.6) is 0 Å². The standard InChI is InChI=1S/C21H20N4O/c26-21(17-8-5-11-22-14-17)18-9-4-10-20(24-18)25-13-12-23-19(15-25)16-6-2-1-3-7-16/h1-11,14,19,23H,12-13,15H2/t19-/m0/s1. The molecule has 5 nitrogen and oxygen atoms in total. The molecule has 130 valence electrons. The molecule has 0 radical (unpaired) electrons. The molecule has 0 aliphatic carbocycles. The van der Waals surface area contributed by atoms with Crippen molar-refractivity contribution in [1.82, 2.24) is 15.3 Å². The van der Waals surface area contributed by atoms with Crippen LogP contribution in [-0.4, -0.2) is 35.4 Å². The average molecular weight is 344 g/mol. The van der Waals surface area contributed by atoms with Crippen LogP contribution < -0.4 is 10.2 Å². The van der Waals surface area contributed by atoms with Gasteiger partial charge in [0.15, 0.2) is 0 Å². The van der Waals surface area contributed by atoms with E-state index in [4.69, 9.17) is 0 Å². The van der Waals surface area contributed by atoms with Gasteiger partial charge in [0.25, 0.3) is 0 Å². The van der Waals surface area contributed by atoms with Crippen molar-refractivity contribution in [3.8, 4) is 0 Å². The van der Waals surface area contributed by atoms with Crippen LogP contribution in [0.25, 0.3) is 0 Å². The Morgan fingerprint density at radius 1 is 1.04 bits per heavy atom. The molecule has 0 spiro atoms. The van der Waals surface area contributed by atoms with Crippen LogP contribution in [0.15, 0.2) is 73.1 Å². The van der Waals surface area contributed by atoms with Crippen molar-refractivity contribution in [2.45, 2.75) is 6.04 Å². The summed E-state index contributed by atoms with van der Waals surface area (Å²) in [7, 11) is 0. The van der Waals surface area contributed by atoms with E-state index >= 15 is 0 Å². The lowest BCUT2D eigenvalue weighted by atomic mass is 10.0. The summed E-state index contributed by atoms with van der Waals surface area (Å²) < 4.78 is 0. The molecule has 0 bridgehead atoms. The van der Waals surface area contributed by atoms with E-state index in [0.29, 0.717) is 11.3 Å². The summed E-state index contributed by atoms with van der Waals surface area (Å²) in [6.45, 7) is 2.56. The maximum absolute atomic E-state index is 12.6. The third kappa shape index (κ3) is 3.48. The molecule has 3 aromatic rings. The molecule has 2 aromatic heterocycles. The highest BCUT2D eigenvalue weighted by Crippen LogP contribution is 2.21. The first-order chi connectivity index (χ1) is 12.8. The van der Waals surface area contributed by atoms with E-state index in [-0.39, 0.29) is 11.8 Å². The van der Waals surface area contributed by atoms with Gasteiger partial charge in [0.2, 0.25) is 5.78 Å². The first kappa shape index (κ1) is 16.4. The van der Waals surface area contributed by atoms with Crippen LogP contribution in [0, 0.1) is 0 Å². The predicted octanol–water partition coefficient (Wildman–Crippen LogP) is 2.86. The van der Waals surface area contributed by atoms with Crippen molar-refractivity contribution in [2.75, 3.05) is 24.5 Å². The second kappa shape index (κ2) is 7.45. The quantitative estimate of drug-likeness (QED) is 0.738. The van der Waals surface area contributed by atoms with Gasteiger partial charge in [0.05, 0.1) is 0 Å². The fraction of sp³-hybridized carbons (Fsp3) is 0.190. The molecule has 0 saturated carbocycles. The van der Waals surface area contributed by atoms with Gasteiger partial charge in [-0.05, 0) is 29.8 Å². The van der Waals surface area contributed by atoms with Gasteiger partial charge in [0, 0.05) is 43.6 Å². The first-order valence-electron chi connectivity index (χ1n) is 8.76. The van der Waals surface area contributed by atoms with Gasteiger partial charge in [-0.25, -0.2) is 4.98 Å². The lowest BCUT2D eigenvalue weighted by molar-refractivity contribution is 0.103. The first-order valence-corrected chi connectivity index (χ1v) is 8.76. The molecule has 4 rings (SSSR count). The summed E-state index contributed by atoms with van der Waals surface area (Å²) in [5, 5.41) is 3.55. The van der Waals surface area contributed by atoms with Crippen LogP contribution in [-0.2, 0) is 0 Å². The lowest BCUT2D eigenvalue weighted by Gasteiger charge is -2.35. The zero-order valence-electron chi connectivity index (χ0n) is 14.4. The van der Waals surface area contributed by atoms with E-state index in [2.05, 4.69) is 44.5 Å². The largest absolute Gasteiger partial charge is 0.353 e. The Labute approximate surface area is 152 Å². The number of carbonyl (C=O) groups is 1. The average Bonchev–Trinajstić information content (AvgIpc) is 2.75. The van der Waals surface area contributed by atoms with E-state index < -0.39 is 0 Å². The van der Waals surface area contributed by atoms with Crippen LogP contribution in [0.2, 0.25) is 0 Å². The van der Waals surface area contributed by atoms with E-state index in [9.17, 15) is 4.79 Å². The van der Waals surface area contributed by atoms with E-state index in [1.54, 1.807) is 30.6 Å². The maximum atomic E-state index is 12.6. The van der Waals surface area contributed by atoms with Gasteiger partial charge in [-0.15, -0.1) is 0 Å². The van der Waals surface area contributed by atoms with Gasteiger partial charge in [-0.1, -0.05) is 36.4 Å². The molecule has 1 aliphatic heterocycles.